The number of rotatable bonds is 4. The number of hydrogen-bond donors (Lipinski definition) is 0. The van der Waals surface area contributed by atoms with Gasteiger partial charge in [-0.2, -0.15) is 11.3 Å². The second-order valence-electron chi connectivity index (χ2n) is 7.73. The minimum absolute atomic E-state index is 0.186. The Morgan fingerprint density at radius 2 is 1.47 bits per heavy atom. The Balaban J connectivity index is 0.000000791. The zero-order valence-corrected chi connectivity index (χ0v) is 25.0. The van der Waals surface area contributed by atoms with Crippen molar-refractivity contribution >= 4 is 32.4 Å². The first-order valence-corrected chi connectivity index (χ1v) is 15.4. The third-order valence-electron chi connectivity index (χ3n) is 5.51. The van der Waals surface area contributed by atoms with Gasteiger partial charge in [-0.05, 0) is 77.7 Å². The highest BCUT2D eigenvalue weighted by Crippen LogP contribution is 2.35. The molecule has 7 heteroatoms. The lowest BCUT2D eigenvalue weighted by Gasteiger charge is -2.07. The lowest BCUT2D eigenvalue weighted by Crippen LogP contribution is -2.12. The number of nitrogens with zero attached hydrogens (tertiary/aromatic N) is 2. The zero-order valence-electron chi connectivity index (χ0n) is 23.4. The van der Waals surface area contributed by atoms with Gasteiger partial charge in [-0.25, -0.2) is 21.8 Å². The van der Waals surface area contributed by atoms with Crippen LogP contribution >= 0.6 is 11.3 Å². The largest absolute Gasteiger partial charge is 0.269 e. The van der Waals surface area contributed by atoms with Gasteiger partial charge in [0.05, 0.1) is 4.90 Å². The molecule has 5 rings (SSSR count). The van der Waals surface area contributed by atoms with E-state index in [2.05, 4.69) is 4.98 Å². The van der Waals surface area contributed by atoms with E-state index in [1.165, 1.54) is 10.0 Å². The van der Waals surface area contributed by atoms with Crippen LogP contribution in [0.2, 0.25) is 0 Å². The average Bonchev–Trinajstić information content (AvgIpc) is 3.63. The van der Waals surface area contributed by atoms with Crippen LogP contribution in [0, 0.1) is 19.7 Å². The Kier molecular flexibility index (Phi) is 11.4. The quantitative estimate of drug-likeness (QED) is 0.223. The molecule has 2 aromatic carbocycles. The van der Waals surface area contributed by atoms with Crippen LogP contribution in [0.15, 0.2) is 82.6 Å². The van der Waals surface area contributed by atoms with Crippen molar-refractivity contribution in [3.05, 3.63) is 94.7 Å². The molecule has 0 radical (unpaired) electrons. The van der Waals surface area contributed by atoms with Crippen LogP contribution in [0.3, 0.4) is 0 Å². The van der Waals surface area contributed by atoms with E-state index in [1.54, 1.807) is 67.1 Å². The first-order valence-electron chi connectivity index (χ1n) is 13.0. The molecule has 0 saturated heterocycles. The summed E-state index contributed by atoms with van der Waals surface area (Å²) >= 11 is 1.58. The van der Waals surface area contributed by atoms with Crippen molar-refractivity contribution in [2.45, 2.75) is 60.3 Å². The van der Waals surface area contributed by atoms with Crippen molar-refractivity contribution in [3.63, 3.8) is 0 Å². The van der Waals surface area contributed by atoms with Gasteiger partial charge < -0.3 is 0 Å². The number of pyridine rings is 1. The second kappa shape index (κ2) is 14.0. The van der Waals surface area contributed by atoms with E-state index in [0.29, 0.717) is 22.2 Å². The minimum Gasteiger partial charge on any atom is -0.237 e. The van der Waals surface area contributed by atoms with E-state index in [9.17, 15) is 12.8 Å². The van der Waals surface area contributed by atoms with Crippen molar-refractivity contribution < 1.29 is 12.8 Å². The fourth-order valence-electron chi connectivity index (χ4n) is 3.72. The van der Waals surface area contributed by atoms with Crippen molar-refractivity contribution in [1.29, 1.82) is 0 Å². The Labute approximate surface area is 230 Å². The van der Waals surface area contributed by atoms with E-state index >= 15 is 0 Å². The maximum Gasteiger partial charge on any atom is 0.269 e. The second-order valence-corrected chi connectivity index (χ2v) is 10.3. The summed E-state index contributed by atoms with van der Waals surface area (Å²) in [5.74, 6) is -0.304. The van der Waals surface area contributed by atoms with Gasteiger partial charge in [-0.3, -0.25) is 0 Å². The third kappa shape index (κ3) is 6.40. The molecule has 0 fully saturated rings. The fourth-order valence-corrected chi connectivity index (χ4v) is 5.70. The van der Waals surface area contributed by atoms with Gasteiger partial charge in [0, 0.05) is 28.9 Å². The highest BCUT2D eigenvalue weighted by molar-refractivity contribution is 7.90. The summed E-state index contributed by atoms with van der Waals surface area (Å²) in [7, 11) is -3.87. The number of hydrogen-bond acceptors (Lipinski definition) is 4. The van der Waals surface area contributed by atoms with E-state index in [1.807, 2.05) is 71.4 Å². The standard InChI is InChI=1S/C25H19FN2O2S2.3C2H6/c1-16-3-6-21(7-4-16)32(29,30)28-14-23(18-5-8-24(26)17(2)11-18)22-12-20(13-27-25(22)28)19-9-10-31-15-19;3*1-2/h3-15H,1-2H3;3*1-2H3. The summed E-state index contributed by atoms with van der Waals surface area (Å²) in [6.45, 7) is 15.6. The van der Waals surface area contributed by atoms with E-state index in [-0.39, 0.29) is 10.7 Å². The van der Waals surface area contributed by atoms with E-state index in [4.69, 9.17) is 0 Å². The zero-order chi connectivity index (χ0) is 28.5. The van der Waals surface area contributed by atoms with Crippen molar-refractivity contribution in [2.24, 2.45) is 0 Å². The van der Waals surface area contributed by atoms with E-state index < -0.39 is 10.0 Å². The molecule has 0 N–H and O–H groups in total. The summed E-state index contributed by atoms with van der Waals surface area (Å²) < 4.78 is 42.1. The van der Waals surface area contributed by atoms with Gasteiger partial charge in [0.1, 0.15) is 5.82 Å². The number of fused-ring (bicyclic) bond motifs is 1. The monoisotopic (exact) mass is 552 g/mol. The summed E-state index contributed by atoms with van der Waals surface area (Å²) in [5.41, 5.74) is 5.12. The van der Waals surface area contributed by atoms with Crippen LogP contribution < -0.4 is 0 Å². The fraction of sp³-hybridized carbons (Fsp3) is 0.258. The van der Waals surface area contributed by atoms with E-state index in [0.717, 1.165) is 22.3 Å². The number of benzene rings is 2. The summed E-state index contributed by atoms with van der Waals surface area (Å²) in [6, 6.07) is 15.5. The highest BCUT2D eigenvalue weighted by atomic mass is 32.2. The van der Waals surface area contributed by atoms with Crippen LogP contribution in [0.4, 0.5) is 4.39 Å². The van der Waals surface area contributed by atoms with Gasteiger partial charge in [-0.1, -0.05) is 65.3 Å². The van der Waals surface area contributed by atoms with Gasteiger partial charge in [-0.15, -0.1) is 0 Å². The molecule has 0 bridgehead atoms. The first-order chi connectivity index (χ1) is 18.3. The lowest BCUT2D eigenvalue weighted by atomic mass is 10.0. The maximum absolute atomic E-state index is 13.9. The predicted molar refractivity (Wildman–Crippen MR) is 161 cm³/mol. The Hall–Kier alpha value is -3.29. The molecule has 0 saturated carbocycles. The number of thiophene rings is 1. The molecule has 3 heterocycles. The Bertz CT molecular complexity index is 1550. The highest BCUT2D eigenvalue weighted by Gasteiger charge is 2.23. The molecule has 0 atom stereocenters. The first kappa shape index (κ1) is 30.9. The molecule has 202 valence electrons. The molecular formula is C31H37FN2O2S2. The van der Waals surface area contributed by atoms with Crippen LogP contribution in [-0.2, 0) is 10.0 Å². The molecule has 38 heavy (non-hydrogen) atoms. The molecular weight excluding hydrogens is 515 g/mol. The number of halogens is 1. The smallest absolute Gasteiger partial charge is 0.237 e. The summed E-state index contributed by atoms with van der Waals surface area (Å²) in [6.07, 6.45) is 3.27. The minimum atomic E-state index is -3.87. The molecule has 5 aromatic rings. The Morgan fingerprint density at radius 3 is 2.05 bits per heavy atom. The normalized spacial score (nSPS) is 10.4. The molecule has 0 aliphatic heterocycles. The van der Waals surface area contributed by atoms with Crippen molar-refractivity contribution in [3.8, 4) is 22.3 Å². The molecule has 3 aromatic heterocycles. The van der Waals surface area contributed by atoms with Crippen molar-refractivity contribution in [2.75, 3.05) is 0 Å². The van der Waals surface area contributed by atoms with Crippen LogP contribution in [-0.4, -0.2) is 17.4 Å². The van der Waals surface area contributed by atoms with Crippen LogP contribution in [0.5, 0.6) is 0 Å². The van der Waals surface area contributed by atoms with Gasteiger partial charge in [0.25, 0.3) is 10.0 Å². The molecule has 0 aliphatic carbocycles. The van der Waals surface area contributed by atoms with Gasteiger partial charge in [0.2, 0.25) is 0 Å². The topological polar surface area (TPSA) is 52.0 Å². The van der Waals surface area contributed by atoms with Gasteiger partial charge >= 0.3 is 0 Å². The molecule has 0 aliphatic rings. The van der Waals surface area contributed by atoms with Crippen LogP contribution in [0.1, 0.15) is 52.7 Å². The SMILES string of the molecule is CC.CC.CC.Cc1ccc(S(=O)(=O)n2cc(-c3ccc(F)c(C)c3)c3cc(-c4ccsc4)cnc32)cc1. The average molecular weight is 553 g/mol. The van der Waals surface area contributed by atoms with Crippen molar-refractivity contribution in [1.82, 2.24) is 8.96 Å². The molecule has 0 spiro atoms. The lowest BCUT2D eigenvalue weighted by molar-refractivity contribution is 0.588. The summed E-state index contributed by atoms with van der Waals surface area (Å²) in [4.78, 5) is 4.73. The molecule has 4 nitrogen and oxygen atoms in total. The number of aryl methyl sites for hydroxylation is 2. The van der Waals surface area contributed by atoms with Gasteiger partial charge in [0.15, 0.2) is 5.65 Å². The molecule has 0 unspecified atom stereocenters. The molecule has 0 amide bonds. The maximum atomic E-state index is 13.9. The number of aromatic nitrogens is 2. The van der Waals surface area contributed by atoms with Crippen LogP contribution in [0.25, 0.3) is 33.3 Å². The predicted octanol–water partition coefficient (Wildman–Crippen LogP) is 9.50. The Morgan fingerprint density at radius 1 is 0.816 bits per heavy atom. The summed E-state index contributed by atoms with van der Waals surface area (Å²) in [5, 5.41) is 4.69. The third-order valence-corrected chi connectivity index (χ3v) is 7.86.